The number of alkyl halides is 7. The van der Waals surface area contributed by atoms with Gasteiger partial charge in [-0.1, -0.05) is 13.8 Å². The number of amides is 4. The number of rotatable bonds is 15. The van der Waals surface area contributed by atoms with Crippen LogP contribution in [0.3, 0.4) is 0 Å². The quantitative estimate of drug-likeness (QED) is 0.162. The highest BCUT2D eigenvalue weighted by molar-refractivity contribution is 7.86. The molecule has 45 heavy (non-hydrogen) atoms. The predicted molar refractivity (Wildman–Crippen MR) is 141 cm³/mol. The van der Waals surface area contributed by atoms with E-state index >= 15 is 0 Å². The van der Waals surface area contributed by atoms with Gasteiger partial charge >= 0.3 is 29.4 Å². The SMILES string of the molecule is CCC[NH+](CC)CCC.COCN1C(=O)N(CCO)C2C1N(COC)C(=O)N2CCO.O=S(=O)([O-])C(F)(F)C(F)(F)C(F)(F)F. The fraction of sp³-hybridized carbons (Fsp3) is 0.913. The van der Waals surface area contributed by atoms with Crippen LogP contribution in [0.15, 0.2) is 0 Å². The van der Waals surface area contributed by atoms with Crippen LogP contribution in [0, 0.1) is 0 Å². The number of urea groups is 2. The highest BCUT2D eigenvalue weighted by Crippen LogP contribution is 2.48. The number of aliphatic hydroxyl groups excluding tert-OH is 2. The van der Waals surface area contributed by atoms with Gasteiger partial charge in [-0.2, -0.15) is 30.7 Å². The van der Waals surface area contributed by atoms with Crippen LogP contribution in [0.1, 0.15) is 33.6 Å². The molecule has 2 heterocycles. The second-order valence-corrected chi connectivity index (χ2v) is 11.1. The van der Waals surface area contributed by atoms with Crippen molar-refractivity contribution in [3.63, 3.8) is 0 Å². The number of β-amino-alcohol motifs (C(OH)–C–C–N with tert-alkyl or cyclic N) is 2. The van der Waals surface area contributed by atoms with Gasteiger partial charge in [0.25, 0.3) is 0 Å². The van der Waals surface area contributed by atoms with Crippen LogP contribution in [0.4, 0.5) is 40.3 Å². The molecular formula is C23H42F7N5O9S. The number of quaternary nitrogens is 1. The van der Waals surface area contributed by atoms with Crippen molar-refractivity contribution >= 4 is 22.2 Å². The zero-order valence-corrected chi connectivity index (χ0v) is 26.3. The van der Waals surface area contributed by atoms with Crippen molar-refractivity contribution in [3.8, 4) is 0 Å². The molecule has 0 saturated carbocycles. The van der Waals surface area contributed by atoms with Crippen LogP contribution in [0.5, 0.6) is 0 Å². The molecule has 2 aliphatic heterocycles. The normalized spacial score (nSPS) is 19.1. The fourth-order valence-corrected chi connectivity index (χ4v) is 4.91. The number of hydrogen-bond donors (Lipinski definition) is 3. The molecule has 22 heteroatoms. The molecule has 2 rings (SSSR count). The van der Waals surface area contributed by atoms with E-state index in [1.54, 1.807) is 4.90 Å². The summed E-state index contributed by atoms with van der Waals surface area (Å²) in [5, 5.41) is 11.7. The molecule has 268 valence electrons. The van der Waals surface area contributed by atoms with Gasteiger partial charge in [0.05, 0.1) is 32.8 Å². The summed E-state index contributed by atoms with van der Waals surface area (Å²) in [6.07, 6.45) is -5.36. The van der Waals surface area contributed by atoms with Gasteiger partial charge in [0, 0.05) is 27.3 Å². The minimum absolute atomic E-state index is 0.0163. The van der Waals surface area contributed by atoms with E-state index < -0.39 is 39.8 Å². The van der Waals surface area contributed by atoms with Gasteiger partial charge < -0.3 is 29.1 Å². The van der Waals surface area contributed by atoms with E-state index in [2.05, 4.69) is 20.8 Å². The second-order valence-electron chi connectivity index (χ2n) is 9.65. The lowest BCUT2D eigenvalue weighted by Crippen LogP contribution is -3.11. The summed E-state index contributed by atoms with van der Waals surface area (Å²) in [5.41, 5.74) is 0. The molecular weight excluding hydrogens is 655 g/mol. The number of aliphatic hydroxyl groups is 2. The van der Waals surface area contributed by atoms with Crippen LogP contribution in [-0.2, 0) is 19.6 Å². The summed E-state index contributed by atoms with van der Waals surface area (Å²) >= 11 is 0. The Hall–Kier alpha value is -2.24. The van der Waals surface area contributed by atoms with Crippen molar-refractivity contribution in [3.05, 3.63) is 0 Å². The van der Waals surface area contributed by atoms with Crippen molar-refractivity contribution in [1.82, 2.24) is 19.6 Å². The largest absolute Gasteiger partial charge is 0.743 e. The number of halogens is 7. The van der Waals surface area contributed by atoms with Gasteiger partial charge in [0.1, 0.15) is 19.6 Å². The molecule has 0 aliphatic carbocycles. The monoisotopic (exact) mass is 697 g/mol. The van der Waals surface area contributed by atoms with Crippen LogP contribution in [-0.4, -0.2) is 158 Å². The number of nitrogens with one attached hydrogen (secondary N) is 1. The number of methoxy groups -OCH3 is 2. The van der Waals surface area contributed by atoms with E-state index in [1.165, 1.54) is 66.3 Å². The fourth-order valence-electron chi connectivity index (χ4n) is 4.48. The summed E-state index contributed by atoms with van der Waals surface area (Å²) in [5.74, 6) is -6.92. The van der Waals surface area contributed by atoms with Crippen LogP contribution in [0.25, 0.3) is 0 Å². The summed E-state index contributed by atoms with van der Waals surface area (Å²) < 4.78 is 119. The molecule has 2 saturated heterocycles. The van der Waals surface area contributed by atoms with Gasteiger partial charge in [0.15, 0.2) is 16.3 Å². The minimum Gasteiger partial charge on any atom is -0.743 e. The first-order valence-electron chi connectivity index (χ1n) is 13.7. The first-order chi connectivity index (χ1) is 20.7. The number of nitrogens with zero attached hydrogens (tertiary/aromatic N) is 4. The molecule has 0 aromatic heterocycles. The van der Waals surface area contributed by atoms with E-state index in [4.69, 9.17) is 9.47 Å². The molecule has 0 bridgehead atoms. The van der Waals surface area contributed by atoms with Crippen molar-refractivity contribution in [2.45, 2.75) is 63.3 Å². The third-order valence-electron chi connectivity index (χ3n) is 6.49. The number of carbonyl (C=O) groups is 2. The van der Waals surface area contributed by atoms with Gasteiger partial charge in [-0.15, -0.1) is 0 Å². The lowest BCUT2D eigenvalue weighted by Gasteiger charge is -2.29. The number of carbonyl (C=O) groups excluding carboxylic acids is 2. The molecule has 0 atom stereocenters. The number of fused-ring (bicyclic) bond motifs is 1. The number of hydrogen-bond acceptors (Lipinski definition) is 9. The lowest BCUT2D eigenvalue weighted by molar-refractivity contribution is -0.898. The number of ether oxygens (including phenoxy) is 2. The Morgan fingerprint density at radius 1 is 0.778 bits per heavy atom. The Bertz CT molecular complexity index is 952. The highest BCUT2D eigenvalue weighted by Gasteiger charge is 2.76. The van der Waals surface area contributed by atoms with Crippen molar-refractivity contribution < 1.29 is 77.9 Å². The molecule has 0 radical (unpaired) electrons. The molecule has 2 aliphatic rings. The Morgan fingerprint density at radius 2 is 1.13 bits per heavy atom. The van der Waals surface area contributed by atoms with Gasteiger partial charge in [-0.3, -0.25) is 19.6 Å². The molecule has 0 aromatic rings. The molecule has 0 unspecified atom stereocenters. The van der Waals surface area contributed by atoms with Crippen molar-refractivity contribution in [2.24, 2.45) is 0 Å². The van der Waals surface area contributed by atoms with Gasteiger partial charge in [-0.25, -0.2) is 18.0 Å². The predicted octanol–water partition coefficient (Wildman–Crippen LogP) is 0.339. The van der Waals surface area contributed by atoms with E-state index in [0.29, 0.717) is 0 Å². The smallest absolute Gasteiger partial charge is 0.461 e. The summed E-state index contributed by atoms with van der Waals surface area (Å²) in [4.78, 5) is 32.4. The third-order valence-corrected chi connectivity index (χ3v) is 7.37. The maximum Gasteiger partial charge on any atom is 0.461 e. The van der Waals surface area contributed by atoms with Gasteiger partial charge in [0.2, 0.25) is 0 Å². The van der Waals surface area contributed by atoms with E-state index in [9.17, 15) is 63.5 Å². The average molecular weight is 698 g/mol. The molecule has 2 fully saturated rings. The van der Waals surface area contributed by atoms with Crippen LogP contribution < -0.4 is 4.90 Å². The van der Waals surface area contributed by atoms with Crippen molar-refractivity contribution in [2.75, 3.05) is 73.6 Å². The van der Waals surface area contributed by atoms with E-state index in [-0.39, 0.29) is 51.8 Å². The van der Waals surface area contributed by atoms with Crippen LogP contribution >= 0.6 is 0 Å². The van der Waals surface area contributed by atoms with E-state index in [0.717, 1.165) is 0 Å². The maximum atomic E-state index is 12.5. The standard InChI is InChI=1S/C12H22N4O6.C8H19N.C3HF7O3S/c1-21-7-15-10-9(13(3-5-17)11(15)19)14(4-6-18)12(20)16(10)8-22-2;1-4-7-9(6-3)8-5-2;4-1(5,2(6,7)8)3(9,10)14(11,12)13/h9-10,17-18H,3-8H2,1-2H3;4-8H2,1-3H3;(H,11,12,13). The Labute approximate surface area is 256 Å². The highest BCUT2D eigenvalue weighted by atomic mass is 32.2. The maximum absolute atomic E-state index is 12.5. The molecule has 14 nitrogen and oxygen atoms in total. The summed E-state index contributed by atoms with van der Waals surface area (Å²) in [7, 11) is -4.18. The first-order valence-corrected chi connectivity index (χ1v) is 15.1. The third kappa shape index (κ3) is 10.1. The van der Waals surface area contributed by atoms with Crippen LogP contribution in [0.2, 0.25) is 0 Å². The summed E-state index contributed by atoms with van der Waals surface area (Å²) in [6.45, 7) is 10.5. The Balaban J connectivity index is 0.000000722. The topological polar surface area (TPSA) is 168 Å². The molecule has 0 spiro atoms. The van der Waals surface area contributed by atoms with Crippen molar-refractivity contribution in [1.29, 1.82) is 0 Å². The molecule has 0 aromatic carbocycles. The zero-order chi connectivity index (χ0) is 35.4. The molecule has 4 amide bonds. The average Bonchev–Trinajstić information content (AvgIpc) is 3.35. The first kappa shape index (κ1) is 42.8. The summed E-state index contributed by atoms with van der Waals surface area (Å²) in [6, 6.07) is -0.662. The second kappa shape index (κ2) is 18.2. The Morgan fingerprint density at radius 3 is 1.36 bits per heavy atom. The van der Waals surface area contributed by atoms with Gasteiger partial charge in [-0.05, 0) is 19.8 Å². The lowest BCUT2D eigenvalue weighted by atomic mass is 10.3. The molecule has 3 N–H and O–H groups in total. The van der Waals surface area contributed by atoms with E-state index in [1.807, 2.05) is 0 Å². The Kier molecular flexibility index (Phi) is 17.3. The minimum atomic E-state index is -7.10. The zero-order valence-electron chi connectivity index (χ0n) is 25.5.